The highest BCUT2D eigenvalue weighted by Gasteiger charge is 2.82. The SMILES string of the molecule is C[C@@H]1CC=C[C@]2(O1)O[C@@H]1CC(=O)O[C@H]1[C@]1(O)C(=O)c3ccccc3C(=O)[C@]21O. The molecular formula is C20H18O8. The number of fused-ring (bicyclic) bond motifs is 5. The van der Waals surface area contributed by atoms with Crippen LogP contribution in [0.4, 0.5) is 0 Å². The highest BCUT2D eigenvalue weighted by Crippen LogP contribution is 2.55. The van der Waals surface area contributed by atoms with Gasteiger partial charge >= 0.3 is 5.97 Å². The van der Waals surface area contributed by atoms with Gasteiger partial charge in [-0.2, -0.15) is 0 Å². The van der Waals surface area contributed by atoms with Crippen LogP contribution in [0.5, 0.6) is 0 Å². The van der Waals surface area contributed by atoms with Gasteiger partial charge in [0.1, 0.15) is 6.10 Å². The monoisotopic (exact) mass is 386 g/mol. The second-order valence-electron chi connectivity index (χ2n) is 7.69. The zero-order valence-electron chi connectivity index (χ0n) is 15.0. The summed E-state index contributed by atoms with van der Waals surface area (Å²) < 4.78 is 17.0. The Hall–Kier alpha value is -2.39. The van der Waals surface area contributed by atoms with Crippen molar-refractivity contribution in [3.05, 3.63) is 47.5 Å². The predicted octanol–water partition coefficient (Wildman–Crippen LogP) is 0.303. The molecule has 1 aliphatic carbocycles. The van der Waals surface area contributed by atoms with E-state index in [0.29, 0.717) is 6.42 Å². The van der Waals surface area contributed by atoms with Crippen molar-refractivity contribution in [3.8, 4) is 0 Å². The number of carbonyl (C=O) groups is 3. The number of Topliss-reactive ketones (excluding diaryl/α,β-unsaturated/α-hetero) is 2. The number of rotatable bonds is 0. The molecule has 2 fully saturated rings. The Balaban J connectivity index is 1.83. The number of ketones is 2. The summed E-state index contributed by atoms with van der Waals surface area (Å²) in [6, 6.07) is 5.88. The normalized spacial score (nSPS) is 44.1. The summed E-state index contributed by atoms with van der Waals surface area (Å²) in [6.45, 7) is 1.71. The van der Waals surface area contributed by atoms with Crippen LogP contribution in [0.1, 0.15) is 40.5 Å². The molecule has 2 N–H and O–H groups in total. The molecule has 2 saturated heterocycles. The molecule has 4 aliphatic rings. The zero-order valence-corrected chi connectivity index (χ0v) is 15.0. The summed E-state index contributed by atoms with van der Waals surface area (Å²) in [4.78, 5) is 38.8. The van der Waals surface area contributed by atoms with Crippen LogP contribution in [0.25, 0.3) is 0 Å². The van der Waals surface area contributed by atoms with E-state index in [-0.39, 0.29) is 17.5 Å². The molecule has 8 heteroatoms. The van der Waals surface area contributed by atoms with Crippen LogP contribution < -0.4 is 0 Å². The van der Waals surface area contributed by atoms with Crippen LogP contribution in [-0.2, 0) is 19.0 Å². The lowest BCUT2D eigenvalue weighted by molar-refractivity contribution is -0.379. The number of ether oxygens (including phenoxy) is 3. The van der Waals surface area contributed by atoms with Gasteiger partial charge in [-0.1, -0.05) is 30.3 Å². The number of hydrogen-bond acceptors (Lipinski definition) is 8. The van der Waals surface area contributed by atoms with E-state index in [4.69, 9.17) is 14.2 Å². The fourth-order valence-corrected chi connectivity index (χ4v) is 4.75. The Morgan fingerprint density at radius 3 is 2.39 bits per heavy atom. The maximum atomic E-state index is 13.5. The lowest BCUT2D eigenvalue weighted by atomic mass is 9.59. The summed E-state index contributed by atoms with van der Waals surface area (Å²) in [6.07, 6.45) is 0.192. The van der Waals surface area contributed by atoms with Gasteiger partial charge in [0.05, 0.1) is 12.5 Å². The van der Waals surface area contributed by atoms with Crippen molar-refractivity contribution in [2.24, 2.45) is 0 Å². The average molecular weight is 386 g/mol. The fraction of sp³-hybridized carbons (Fsp3) is 0.450. The number of hydrogen-bond donors (Lipinski definition) is 2. The average Bonchev–Trinajstić information content (AvgIpc) is 3.04. The number of benzene rings is 1. The topological polar surface area (TPSA) is 119 Å². The van der Waals surface area contributed by atoms with Gasteiger partial charge in [0, 0.05) is 11.1 Å². The minimum atomic E-state index is -2.83. The van der Waals surface area contributed by atoms with E-state index in [1.54, 1.807) is 25.1 Å². The molecular weight excluding hydrogens is 368 g/mol. The first-order valence-electron chi connectivity index (χ1n) is 9.11. The van der Waals surface area contributed by atoms with Crippen molar-refractivity contribution < 1.29 is 38.8 Å². The molecule has 1 spiro atoms. The molecule has 3 aliphatic heterocycles. The first-order chi connectivity index (χ1) is 13.2. The maximum Gasteiger partial charge on any atom is 0.309 e. The van der Waals surface area contributed by atoms with Crippen LogP contribution in [0.2, 0.25) is 0 Å². The van der Waals surface area contributed by atoms with E-state index in [9.17, 15) is 24.6 Å². The molecule has 0 bridgehead atoms. The smallest absolute Gasteiger partial charge is 0.309 e. The third-order valence-electron chi connectivity index (χ3n) is 6.03. The molecule has 8 nitrogen and oxygen atoms in total. The summed E-state index contributed by atoms with van der Waals surface area (Å²) in [7, 11) is 0. The third-order valence-corrected chi connectivity index (χ3v) is 6.03. The summed E-state index contributed by atoms with van der Waals surface area (Å²) >= 11 is 0. The van der Waals surface area contributed by atoms with Crippen LogP contribution in [0.3, 0.4) is 0 Å². The molecule has 0 aromatic heterocycles. The highest BCUT2D eigenvalue weighted by molar-refractivity contribution is 6.23. The largest absolute Gasteiger partial charge is 0.456 e. The van der Waals surface area contributed by atoms with Gasteiger partial charge < -0.3 is 24.4 Å². The molecule has 6 atom stereocenters. The lowest BCUT2D eigenvalue weighted by Crippen LogP contribution is -2.85. The van der Waals surface area contributed by atoms with Gasteiger partial charge in [0.25, 0.3) is 0 Å². The molecule has 1 aromatic rings. The highest BCUT2D eigenvalue weighted by atomic mass is 16.7. The minimum absolute atomic E-state index is 0.0498. The molecule has 0 amide bonds. The second-order valence-corrected chi connectivity index (χ2v) is 7.69. The molecule has 0 radical (unpaired) electrons. The van der Waals surface area contributed by atoms with Crippen molar-refractivity contribution in [1.82, 2.24) is 0 Å². The van der Waals surface area contributed by atoms with E-state index in [1.165, 1.54) is 18.2 Å². The van der Waals surface area contributed by atoms with Crippen LogP contribution in [0.15, 0.2) is 36.4 Å². The van der Waals surface area contributed by atoms with E-state index < -0.39 is 52.8 Å². The molecule has 5 rings (SSSR count). The zero-order chi connectivity index (χ0) is 19.9. The summed E-state index contributed by atoms with van der Waals surface area (Å²) in [5, 5.41) is 23.4. The standard InChI is InChI=1S/C20H18O8/c1-10-5-4-8-18(27-10)20(25)16(23)12-7-3-2-6-11(12)15(22)19(20,24)17-13(28-18)9-14(21)26-17/h2-4,6-8,10,13,17,24-25H,5,9H2,1H3/t10-,13-,17-,18+,19-,20+/m1/s1. The Morgan fingerprint density at radius 1 is 1.04 bits per heavy atom. The van der Waals surface area contributed by atoms with Crippen molar-refractivity contribution in [2.75, 3.05) is 0 Å². The van der Waals surface area contributed by atoms with Crippen molar-refractivity contribution in [3.63, 3.8) is 0 Å². The Kier molecular flexibility index (Phi) is 3.38. The van der Waals surface area contributed by atoms with Crippen LogP contribution >= 0.6 is 0 Å². The van der Waals surface area contributed by atoms with E-state index in [2.05, 4.69) is 0 Å². The Morgan fingerprint density at radius 2 is 1.71 bits per heavy atom. The quantitative estimate of drug-likeness (QED) is 0.483. The van der Waals surface area contributed by atoms with Gasteiger partial charge in [0.2, 0.25) is 28.6 Å². The van der Waals surface area contributed by atoms with E-state index >= 15 is 0 Å². The van der Waals surface area contributed by atoms with Gasteiger partial charge in [-0.3, -0.25) is 14.4 Å². The molecule has 28 heavy (non-hydrogen) atoms. The summed E-state index contributed by atoms with van der Waals surface area (Å²) in [5.41, 5.74) is -5.69. The van der Waals surface area contributed by atoms with E-state index in [1.807, 2.05) is 0 Å². The van der Waals surface area contributed by atoms with Gasteiger partial charge in [-0.15, -0.1) is 0 Å². The number of aliphatic hydroxyl groups is 2. The van der Waals surface area contributed by atoms with Gasteiger partial charge in [-0.25, -0.2) is 0 Å². The fourth-order valence-electron chi connectivity index (χ4n) is 4.75. The number of esters is 1. The molecule has 0 unspecified atom stereocenters. The Bertz CT molecular complexity index is 953. The second kappa shape index (κ2) is 5.36. The van der Waals surface area contributed by atoms with Crippen molar-refractivity contribution in [2.45, 2.75) is 55.1 Å². The third kappa shape index (κ3) is 1.81. The molecule has 1 aromatic carbocycles. The molecule has 3 heterocycles. The van der Waals surface area contributed by atoms with Crippen molar-refractivity contribution >= 4 is 17.5 Å². The number of carbonyl (C=O) groups excluding carboxylic acids is 3. The van der Waals surface area contributed by atoms with Gasteiger partial charge in [-0.05, 0) is 19.4 Å². The first-order valence-corrected chi connectivity index (χ1v) is 9.11. The van der Waals surface area contributed by atoms with Crippen molar-refractivity contribution in [1.29, 1.82) is 0 Å². The maximum absolute atomic E-state index is 13.5. The first kappa shape index (κ1) is 17.7. The Labute approximate surface area is 159 Å². The van der Waals surface area contributed by atoms with Crippen LogP contribution in [-0.4, -0.2) is 63.0 Å². The predicted molar refractivity (Wildman–Crippen MR) is 91.4 cm³/mol. The van der Waals surface area contributed by atoms with Crippen LogP contribution in [0, 0.1) is 0 Å². The van der Waals surface area contributed by atoms with E-state index in [0.717, 1.165) is 0 Å². The molecule has 0 saturated carbocycles. The lowest BCUT2D eigenvalue weighted by Gasteiger charge is -2.59. The molecule has 146 valence electrons. The summed E-state index contributed by atoms with van der Waals surface area (Å²) in [5.74, 6) is -4.66. The van der Waals surface area contributed by atoms with Gasteiger partial charge in [0.15, 0.2) is 6.10 Å². The minimum Gasteiger partial charge on any atom is -0.456 e.